The smallest absolute Gasteiger partial charge is 0.331 e. The van der Waals surface area contributed by atoms with E-state index in [4.69, 9.17) is 25.8 Å². The fourth-order valence-corrected chi connectivity index (χ4v) is 4.53. The number of anilines is 1. The van der Waals surface area contributed by atoms with E-state index in [0.29, 0.717) is 23.9 Å². The predicted octanol–water partition coefficient (Wildman–Crippen LogP) is 2.16. The molecular formula is C26H29ClN4O7. The molecule has 1 aliphatic heterocycles. The lowest BCUT2D eigenvalue weighted by atomic mass is 10.2. The van der Waals surface area contributed by atoms with Gasteiger partial charge in [-0.15, -0.1) is 0 Å². The topological polar surface area (TPSA) is 130 Å². The first-order valence-corrected chi connectivity index (χ1v) is 12.5. The van der Waals surface area contributed by atoms with E-state index < -0.39 is 23.7 Å². The van der Waals surface area contributed by atoms with Gasteiger partial charge < -0.3 is 24.8 Å². The van der Waals surface area contributed by atoms with E-state index in [1.54, 1.807) is 24.3 Å². The van der Waals surface area contributed by atoms with Gasteiger partial charge in [-0.3, -0.25) is 23.5 Å². The van der Waals surface area contributed by atoms with Crippen molar-refractivity contribution in [1.82, 2.24) is 14.5 Å². The number of halogens is 1. The first-order valence-electron chi connectivity index (χ1n) is 12.1. The summed E-state index contributed by atoms with van der Waals surface area (Å²) in [5.41, 5.74) is -0.694. The van der Waals surface area contributed by atoms with E-state index in [2.05, 4.69) is 10.6 Å². The first kappa shape index (κ1) is 27.2. The van der Waals surface area contributed by atoms with E-state index >= 15 is 0 Å². The number of nitrogens with one attached hydrogen (secondary N) is 2. The highest BCUT2D eigenvalue weighted by Crippen LogP contribution is 2.30. The second-order valence-corrected chi connectivity index (χ2v) is 9.23. The van der Waals surface area contributed by atoms with Crippen LogP contribution in [0, 0.1) is 0 Å². The standard InChI is InChI=1S/C26H29ClN4O7/c1-36-21-12-19-20(13-22(21)37-2)31(15-24(33)29-17-6-3-5-16(27)11-17)26(35)30(25(19)34)9-8-23(32)28-14-18-7-4-10-38-18/h3,5-6,11-13,18H,4,7-10,14-15H2,1-2H3,(H,28,32)(H,29,33)/t18-/m1/s1. The number of nitrogens with zero attached hydrogens (tertiary/aromatic N) is 2. The number of aromatic nitrogens is 2. The van der Waals surface area contributed by atoms with Crippen LogP contribution in [0.1, 0.15) is 19.3 Å². The molecule has 4 rings (SSSR count). The van der Waals surface area contributed by atoms with Crippen LogP contribution in [-0.2, 0) is 27.4 Å². The zero-order valence-corrected chi connectivity index (χ0v) is 21.9. The molecule has 11 nitrogen and oxygen atoms in total. The van der Waals surface area contributed by atoms with Crippen molar-refractivity contribution in [2.45, 2.75) is 38.5 Å². The predicted molar refractivity (Wildman–Crippen MR) is 142 cm³/mol. The maximum Gasteiger partial charge on any atom is 0.331 e. The highest BCUT2D eigenvalue weighted by molar-refractivity contribution is 6.30. The Morgan fingerprint density at radius 3 is 2.53 bits per heavy atom. The van der Waals surface area contributed by atoms with Gasteiger partial charge in [-0.25, -0.2) is 4.79 Å². The van der Waals surface area contributed by atoms with Crippen LogP contribution in [0.2, 0.25) is 5.02 Å². The Kier molecular flexibility index (Phi) is 8.70. The Balaban J connectivity index is 1.66. The lowest BCUT2D eigenvalue weighted by Gasteiger charge is -2.16. The zero-order valence-electron chi connectivity index (χ0n) is 21.1. The van der Waals surface area contributed by atoms with Crippen molar-refractivity contribution < 1.29 is 23.8 Å². The molecule has 12 heteroatoms. The van der Waals surface area contributed by atoms with E-state index in [1.165, 1.54) is 30.9 Å². The number of methoxy groups -OCH3 is 2. The summed E-state index contributed by atoms with van der Waals surface area (Å²) in [6, 6.07) is 9.51. The van der Waals surface area contributed by atoms with Gasteiger partial charge in [-0.05, 0) is 37.1 Å². The van der Waals surface area contributed by atoms with E-state index in [-0.39, 0.29) is 47.4 Å². The van der Waals surface area contributed by atoms with Crippen LogP contribution in [0.4, 0.5) is 5.69 Å². The van der Waals surface area contributed by atoms with Crippen LogP contribution in [0.15, 0.2) is 46.0 Å². The van der Waals surface area contributed by atoms with Crippen LogP contribution in [0.25, 0.3) is 10.9 Å². The minimum absolute atomic E-state index is 0.0278. The van der Waals surface area contributed by atoms with Gasteiger partial charge >= 0.3 is 5.69 Å². The van der Waals surface area contributed by atoms with Crippen molar-refractivity contribution in [3.8, 4) is 11.5 Å². The molecule has 2 heterocycles. The molecule has 1 aliphatic rings. The second kappa shape index (κ2) is 12.1. The summed E-state index contributed by atoms with van der Waals surface area (Å²) in [4.78, 5) is 52.2. The van der Waals surface area contributed by atoms with Crippen LogP contribution < -0.4 is 31.4 Å². The number of rotatable bonds is 10. The Hall–Kier alpha value is -3.83. The molecule has 2 N–H and O–H groups in total. The fraction of sp³-hybridized carbons (Fsp3) is 0.385. The lowest BCUT2D eigenvalue weighted by Crippen LogP contribution is -2.43. The highest BCUT2D eigenvalue weighted by atomic mass is 35.5. The molecule has 3 aromatic rings. The Labute approximate surface area is 223 Å². The number of ether oxygens (including phenoxy) is 3. The van der Waals surface area contributed by atoms with Crippen LogP contribution >= 0.6 is 11.6 Å². The number of hydrogen-bond donors (Lipinski definition) is 2. The summed E-state index contributed by atoms with van der Waals surface area (Å²) < 4.78 is 18.3. The number of hydrogen-bond acceptors (Lipinski definition) is 7. The minimum atomic E-state index is -0.733. The van der Waals surface area contributed by atoms with E-state index in [0.717, 1.165) is 17.4 Å². The zero-order chi connectivity index (χ0) is 27.2. The Morgan fingerprint density at radius 1 is 1.08 bits per heavy atom. The monoisotopic (exact) mass is 544 g/mol. The summed E-state index contributed by atoms with van der Waals surface area (Å²) >= 11 is 6.00. The summed E-state index contributed by atoms with van der Waals surface area (Å²) in [7, 11) is 2.85. The third kappa shape index (κ3) is 6.17. The van der Waals surface area contributed by atoms with Crippen LogP contribution in [0.5, 0.6) is 11.5 Å². The molecule has 2 amide bonds. The van der Waals surface area contributed by atoms with Gasteiger partial charge in [0, 0.05) is 42.9 Å². The SMILES string of the molecule is COc1cc2c(=O)n(CCC(=O)NC[C@H]3CCCO3)c(=O)n(CC(=O)Nc3cccc(Cl)c3)c2cc1OC. The molecule has 0 aliphatic carbocycles. The second-order valence-electron chi connectivity index (χ2n) is 8.80. The third-order valence-electron chi connectivity index (χ3n) is 6.25. The van der Waals surface area contributed by atoms with Crippen molar-refractivity contribution >= 4 is 40.0 Å². The Bertz CT molecular complexity index is 1460. The number of amides is 2. The third-order valence-corrected chi connectivity index (χ3v) is 6.49. The number of fused-ring (bicyclic) bond motifs is 1. The van der Waals surface area contributed by atoms with E-state index in [9.17, 15) is 19.2 Å². The van der Waals surface area contributed by atoms with Crippen LogP contribution in [-0.4, -0.2) is 54.4 Å². The van der Waals surface area contributed by atoms with Crippen molar-refractivity contribution in [3.05, 3.63) is 62.3 Å². The molecule has 38 heavy (non-hydrogen) atoms. The lowest BCUT2D eigenvalue weighted by molar-refractivity contribution is -0.122. The Morgan fingerprint density at radius 2 is 1.84 bits per heavy atom. The molecule has 0 radical (unpaired) electrons. The number of carbonyl (C=O) groups is 2. The quantitative estimate of drug-likeness (QED) is 0.400. The molecule has 0 bridgehead atoms. The van der Waals surface area contributed by atoms with Crippen LogP contribution in [0.3, 0.4) is 0 Å². The molecule has 1 atom stereocenters. The van der Waals surface area contributed by atoms with Crippen molar-refractivity contribution in [2.24, 2.45) is 0 Å². The summed E-state index contributed by atoms with van der Waals surface area (Å²) in [6.45, 7) is 0.472. The maximum absolute atomic E-state index is 13.5. The average molecular weight is 545 g/mol. The molecule has 0 saturated carbocycles. The molecular weight excluding hydrogens is 516 g/mol. The van der Waals surface area contributed by atoms with Gasteiger partial charge in [0.1, 0.15) is 6.54 Å². The first-order chi connectivity index (χ1) is 18.3. The van der Waals surface area contributed by atoms with Gasteiger partial charge in [-0.2, -0.15) is 0 Å². The van der Waals surface area contributed by atoms with Gasteiger partial charge in [0.05, 0.1) is 31.2 Å². The van der Waals surface area contributed by atoms with E-state index in [1.807, 2.05) is 0 Å². The summed E-state index contributed by atoms with van der Waals surface area (Å²) in [6.07, 6.45) is 1.69. The summed E-state index contributed by atoms with van der Waals surface area (Å²) in [5, 5.41) is 6.06. The van der Waals surface area contributed by atoms with Gasteiger partial charge in [0.2, 0.25) is 11.8 Å². The average Bonchev–Trinajstić information content (AvgIpc) is 3.43. The molecule has 1 fully saturated rings. The van der Waals surface area contributed by atoms with Gasteiger partial charge in [0.15, 0.2) is 11.5 Å². The molecule has 1 aromatic heterocycles. The molecule has 0 unspecified atom stereocenters. The normalized spacial score (nSPS) is 14.9. The number of carbonyl (C=O) groups excluding carboxylic acids is 2. The molecule has 2 aromatic carbocycles. The van der Waals surface area contributed by atoms with Gasteiger partial charge in [0.25, 0.3) is 5.56 Å². The highest BCUT2D eigenvalue weighted by Gasteiger charge is 2.20. The van der Waals surface area contributed by atoms with Crippen molar-refractivity contribution in [1.29, 1.82) is 0 Å². The van der Waals surface area contributed by atoms with Gasteiger partial charge in [-0.1, -0.05) is 17.7 Å². The maximum atomic E-state index is 13.5. The van der Waals surface area contributed by atoms with Crippen molar-refractivity contribution in [3.63, 3.8) is 0 Å². The summed E-state index contributed by atoms with van der Waals surface area (Å²) in [5.74, 6) is -0.255. The molecule has 0 spiro atoms. The number of benzene rings is 2. The molecule has 1 saturated heterocycles. The van der Waals surface area contributed by atoms with Crippen molar-refractivity contribution in [2.75, 3.05) is 32.7 Å². The minimum Gasteiger partial charge on any atom is -0.493 e. The fourth-order valence-electron chi connectivity index (χ4n) is 4.34. The molecule has 202 valence electrons. The largest absolute Gasteiger partial charge is 0.493 e.